The van der Waals surface area contributed by atoms with Crippen LogP contribution in [0, 0.1) is 22.5 Å². The molecule has 0 fully saturated rings. The minimum Gasteiger partial charge on any atom is -0.493 e. The van der Waals surface area contributed by atoms with E-state index in [0.29, 0.717) is 25.2 Å². The van der Waals surface area contributed by atoms with E-state index in [1.807, 2.05) is 20.8 Å². The molecule has 0 spiro atoms. The van der Waals surface area contributed by atoms with E-state index in [4.69, 9.17) is 15.7 Å². The Labute approximate surface area is 123 Å². The molecule has 116 valence electrons. The van der Waals surface area contributed by atoms with Gasteiger partial charge in [-0.3, -0.25) is 10.1 Å². The Balaban J connectivity index is 2.57. The Morgan fingerprint density at radius 3 is 2.76 bits per heavy atom. The van der Waals surface area contributed by atoms with Gasteiger partial charge in [0.2, 0.25) is 0 Å². The number of hydrogen-bond acceptors (Lipinski definition) is 5. The van der Waals surface area contributed by atoms with Crippen molar-refractivity contribution in [3.05, 3.63) is 33.9 Å². The molecular weight excluding hydrogens is 274 g/mol. The van der Waals surface area contributed by atoms with Crippen molar-refractivity contribution in [2.45, 2.75) is 33.6 Å². The lowest BCUT2D eigenvalue weighted by Gasteiger charge is -2.22. The van der Waals surface area contributed by atoms with Crippen LogP contribution in [0.4, 0.5) is 5.69 Å². The molecule has 7 nitrogen and oxygen atoms in total. The summed E-state index contributed by atoms with van der Waals surface area (Å²) in [5.74, 6) is 0.680. The number of ether oxygens (including phenoxy) is 1. The SMILES string of the molecule is Cc1ccc([N+](=O)[O-])cc1OCCCC(C)(C)C(N)=NO. The van der Waals surface area contributed by atoms with E-state index in [1.54, 1.807) is 6.07 Å². The number of non-ortho nitro benzene ring substituents is 1. The fraction of sp³-hybridized carbons (Fsp3) is 0.500. The molecule has 0 aliphatic rings. The van der Waals surface area contributed by atoms with Crippen molar-refractivity contribution in [3.8, 4) is 5.75 Å². The zero-order valence-corrected chi connectivity index (χ0v) is 12.5. The number of nitrogens with two attached hydrogens (primary N) is 1. The number of benzene rings is 1. The highest BCUT2D eigenvalue weighted by atomic mass is 16.6. The molecule has 1 aromatic carbocycles. The largest absolute Gasteiger partial charge is 0.493 e. The molecule has 0 unspecified atom stereocenters. The van der Waals surface area contributed by atoms with Crippen LogP contribution >= 0.6 is 0 Å². The molecule has 3 N–H and O–H groups in total. The molecule has 0 saturated carbocycles. The first-order valence-corrected chi connectivity index (χ1v) is 6.64. The van der Waals surface area contributed by atoms with Crippen molar-refractivity contribution < 1.29 is 14.9 Å². The van der Waals surface area contributed by atoms with Crippen LogP contribution in [0.25, 0.3) is 0 Å². The van der Waals surface area contributed by atoms with Crippen LogP contribution in [0.1, 0.15) is 32.3 Å². The van der Waals surface area contributed by atoms with Gasteiger partial charge in [-0.1, -0.05) is 19.0 Å². The Bertz CT molecular complexity index is 541. The van der Waals surface area contributed by atoms with Crippen LogP contribution in [-0.4, -0.2) is 22.6 Å². The topological polar surface area (TPSA) is 111 Å². The third-order valence-electron chi connectivity index (χ3n) is 3.39. The Hall–Kier alpha value is -2.31. The number of aryl methyl sites for hydroxylation is 1. The Kier molecular flexibility index (Phi) is 5.52. The molecule has 21 heavy (non-hydrogen) atoms. The average Bonchev–Trinajstić information content (AvgIpc) is 2.43. The lowest BCUT2D eigenvalue weighted by Crippen LogP contribution is -2.32. The molecule has 1 aromatic rings. The Morgan fingerprint density at radius 1 is 1.52 bits per heavy atom. The third-order valence-corrected chi connectivity index (χ3v) is 3.39. The zero-order chi connectivity index (χ0) is 16.0. The van der Waals surface area contributed by atoms with Crippen LogP contribution in [0.3, 0.4) is 0 Å². The lowest BCUT2D eigenvalue weighted by atomic mass is 9.87. The highest BCUT2D eigenvalue weighted by Crippen LogP contribution is 2.26. The number of hydrogen-bond donors (Lipinski definition) is 2. The minimum absolute atomic E-state index is 0.00703. The monoisotopic (exact) mass is 295 g/mol. The molecule has 7 heteroatoms. The summed E-state index contributed by atoms with van der Waals surface area (Å²) in [4.78, 5) is 10.3. The maximum Gasteiger partial charge on any atom is 0.273 e. The van der Waals surface area contributed by atoms with E-state index in [2.05, 4.69) is 5.16 Å². The summed E-state index contributed by atoms with van der Waals surface area (Å²) in [6, 6.07) is 4.53. The number of nitro groups is 1. The van der Waals surface area contributed by atoms with Crippen LogP contribution in [-0.2, 0) is 0 Å². The van der Waals surface area contributed by atoms with Gasteiger partial charge in [0.1, 0.15) is 11.6 Å². The summed E-state index contributed by atoms with van der Waals surface area (Å²) in [6.07, 6.45) is 1.36. The van der Waals surface area contributed by atoms with Crippen molar-refractivity contribution in [2.24, 2.45) is 16.3 Å². The number of rotatable bonds is 7. The second kappa shape index (κ2) is 6.92. The summed E-state index contributed by atoms with van der Waals surface area (Å²) in [7, 11) is 0. The lowest BCUT2D eigenvalue weighted by molar-refractivity contribution is -0.384. The van der Waals surface area contributed by atoms with Crippen molar-refractivity contribution in [3.63, 3.8) is 0 Å². The fourth-order valence-electron chi connectivity index (χ4n) is 1.82. The number of oxime groups is 1. The van der Waals surface area contributed by atoms with Gasteiger partial charge in [0.15, 0.2) is 0 Å². The van der Waals surface area contributed by atoms with Gasteiger partial charge in [0, 0.05) is 11.5 Å². The molecule has 0 amide bonds. The standard InChI is InChI=1S/C14H21N3O4/c1-10-5-6-11(17(19)20)9-12(10)21-8-4-7-14(2,3)13(15)16-18/h5-6,9,18H,4,7-8H2,1-3H3,(H2,15,16). The van der Waals surface area contributed by atoms with E-state index in [-0.39, 0.29) is 11.5 Å². The second-order valence-electron chi connectivity index (χ2n) is 5.53. The van der Waals surface area contributed by atoms with Gasteiger partial charge in [-0.15, -0.1) is 0 Å². The van der Waals surface area contributed by atoms with Crippen LogP contribution in [0.5, 0.6) is 5.75 Å². The van der Waals surface area contributed by atoms with E-state index >= 15 is 0 Å². The van der Waals surface area contributed by atoms with Crippen LogP contribution in [0.15, 0.2) is 23.4 Å². The second-order valence-corrected chi connectivity index (χ2v) is 5.53. The molecule has 0 heterocycles. The smallest absolute Gasteiger partial charge is 0.273 e. The third kappa shape index (κ3) is 4.62. The van der Waals surface area contributed by atoms with Crippen molar-refractivity contribution >= 4 is 11.5 Å². The minimum atomic E-state index is -0.451. The molecular formula is C14H21N3O4. The van der Waals surface area contributed by atoms with Crippen molar-refractivity contribution in [1.82, 2.24) is 0 Å². The van der Waals surface area contributed by atoms with Gasteiger partial charge in [-0.2, -0.15) is 0 Å². The van der Waals surface area contributed by atoms with Gasteiger partial charge in [-0.25, -0.2) is 0 Å². The van der Waals surface area contributed by atoms with Crippen molar-refractivity contribution in [1.29, 1.82) is 0 Å². The van der Waals surface area contributed by atoms with Gasteiger partial charge in [-0.05, 0) is 31.4 Å². The molecule has 0 aliphatic carbocycles. The summed E-state index contributed by atoms with van der Waals surface area (Å²) >= 11 is 0. The summed E-state index contributed by atoms with van der Waals surface area (Å²) in [5.41, 5.74) is 6.04. The van der Waals surface area contributed by atoms with E-state index in [9.17, 15) is 10.1 Å². The molecule has 0 atom stereocenters. The first kappa shape index (κ1) is 16.7. The average molecular weight is 295 g/mol. The number of nitro benzene ring substituents is 1. The molecule has 0 saturated heterocycles. The summed E-state index contributed by atoms with van der Waals surface area (Å²) in [6.45, 7) is 5.99. The molecule has 0 aliphatic heterocycles. The molecule has 1 rings (SSSR count). The molecule has 0 radical (unpaired) electrons. The van der Waals surface area contributed by atoms with Gasteiger partial charge in [0.05, 0.1) is 17.6 Å². The number of nitrogens with zero attached hydrogens (tertiary/aromatic N) is 2. The zero-order valence-electron chi connectivity index (χ0n) is 12.5. The maximum absolute atomic E-state index is 10.7. The molecule has 0 aromatic heterocycles. The number of amidine groups is 1. The first-order valence-electron chi connectivity index (χ1n) is 6.64. The maximum atomic E-state index is 10.7. The van der Waals surface area contributed by atoms with Gasteiger partial charge < -0.3 is 15.7 Å². The predicted octanol–water partition coefficient (Wildman–Crippen LogP) is 2.83. The summed E-state index contributed by atoms with van der Waals surface area (Å²) in [5, 5.41) is 22.4. The summed E-state index contributed by atoms with van der Waals surface area (Å²) < 4.78 is 5.59. The molecule has 0 bridgehead atoms. The fourth-order valence-corrected chi connectivity index (χ4v) is 1.82. The highest BCUT2D eigenvalue weighted by Gasteiger charge is 2.23. The Morgan fingerprint density at radius 2 is 2.19 bits per heavy atom. The van der Waals surface area contributed by atoms with Gasteiger partial charge >= 0.3 is 0 Å². The van der Waals surface area contributed by atoms with Crippen LogP contribution in [0.2, 0.25) is 0 Å². The highest BCUT2D eigenvalue weighted by molar-refractivity contribution is 5.85. The van der Waals surface area contributed by atoms with Crippen LogP contribution < -0.4 is 10.5 Å². The first-order chi connectivity index (χ1) is 9.77. The van der Waals surface area contributed by atoms with E-state index < -0.39 is 10.3 Å². The normalized spacial score (nSPS) is 12.2. The van der Waals surface area contributed by atoms with Gasteiger partial charge in [0.25, 0.3) is 5.69 Å². The predicted molar refractivity (Wildman–Crippen MR) is 79.8 cm³/mol. The quantitative estimate of drug-likeness (QED) is 0.201. The van der Waals surface area contributed by atoms with Crippen molar-refractivity contribution in [2.75, 3.05) is 6.61 Å². The van der Waals surface area contributed by atoms with E-state index in [1.165, 1.54) is 12.1 Å². The van der Waals surface area contributed by atoms with E-state index in [0.717, 1.165) is 5.56 Å².